The maximum Gasteiger partial charge on any atom is 0.242 e. The van der Waals surface area contributed by atoms with Crippen LogP contribution in [0.2, 0.25) is 0 Å². The molecule has 0 saturated heterocycles. The van der Waals surface area contributed by atoms with Gasteiger partial charge in [0.1, 0.15) is 0 Å². The van der Waals surface area contributed by atoms with Gasteiger partial charge in [-0.1, -0.05) is 0 Å². The third-order valence-electron chi connectivity index (χ3n) is 2.78. The molecule has 1 aliphatic rings. The Balaban J connectivity index is 2.44. The highest BCUT2D eigenvalue weighted by molar-refractivity contribution is 7.89. The van der Waals surface area contributed by atoms with E-state index >= 15 is 0 Å². The second-order valence-electron chi connectivity index (χ2n) is 4.36. The number of benzene rings is 1. The second kappa shape index (κ2) is 3.75. The molecule has 1 aromatic rings. The molecule has 16 heavy (non-hydrogen) atoms. The van der Waals surface area contributed by atoms with Crippen molar-refractivity contribution in [2.24, 2.45) is 0 Å². The third-order valence-corrected chi connectivity index (χ3v) is 4.59. The average Bonchev–Trinajstić information content (AvgIpc) is 2.56. The van der Waals surface area contributed by atoms with Crippen LogP contribution in [0, 0.1) is 0 Å². The van der Waals surface area contributed by atoms with Crippen molar-refractivity contribution in [3.63, 3.8) is 0 Å². The fourth-order valence-electron chi connectivity index (χ4n) is 1.90. The van der Waals surface area contributed by atoms with Crippen LogP contribution in [0.25, 0.3) is 0 Å². The molecule has 1 N–H and O–H groups in total. The van der Waals surface area contributed by atoms with Gasteiger partial charge in [0.05, 0.1) is 4.90 Å². The summed E-state index contributed by atoms with van der Waals surface area (Å²) in [6, 6.07) is 5.64. The smallest absolute Gasteiger partial charge is 0.242 e. The third kappa shape index (κ3) is 1.81. The van der Waals surface area contributed by atoms with E-state index in [0.29, 0.717) is 10.9 Å². The van der Waals surface area contributed by atoms with Gasteiger partial charge in [-0.15, -0.1) is 0 Å². The monoisotopic (exact) mass is 240 g/mol. The molecule has 0 saturated carbocycles. The fraction of sp³-hybridized carbons (Fsp3) is 0.455. The summed E-state index contributed by atoms with van der Waals surface area (Å²) in [4.78, 5) is 0.368. The molecule has 88 valence electrons. The highest BCUT2D eigenvalue weighted by Gasteiger charge is 2.22. The molecule has 0 fully saturated rings. The lowest BCUT2D eigenvalue weighted by Gasteiger charge is -2.12. The second-order valence-corrected chi connectivity index (χ2v) is 6.51. The quantitative estimate of drug-likeness (QED) is 0.847. The Morgan fingerprint density at radius 3 is 2.69 bits per heavy atom. The first-order valence-electron chi connectivity index (χ1n) is 5.23. The molecule has 0 radical (unpaired) electrons. The molecular formula is C11H16N2O2S. The van der Waals surface area contributed by atoms with E-state index in [1.165, 1.54) is 4.31 Å². The lowest BCUT2D eigenvalue weighted by atomic mass is 10.1. The number of anilines is 1. The summed E-state index contributed by atoms with van der Waals surface area (Å²) < 4.78 is 25.1. The minimum atomic E-state index is -3.31. The maximum absolute atomic E-state index is 11.9. The van der Waals surface area contributed by atoms with Crippen LogP contribution in [-0.2, 0) is 16.4 Å². The Morgan fingerprint density at radius 1 is 1.38 bits per heavy atom. The van der Waals surface area contributed by atoms with Crippen molar-refractivity contribution in [2.75, 3.05) is 19.4 Å². The molecule has 0 bridgehead atoms. The largest absolute Gasteiger partial charge is 0.382 e. The van der Waals surface area contributed by atoms with E-state index in [9.17, 15) is 8.42 Å². The predicted octanol–water partition coefficient (Wildman–Crippen LogP) is 1.29. The van der Waals surface area contributed by atoms with Crippen LogP contribution in [0.3, 0.4) is 0 Å². The number of nitrogens with one attached hydrogen (secondary N) is 1. The Bertz CT molecular complexity index is 509. The van der Waals surface area contributed by atoms with Gasteiger partial charge in [-0.3, -0.25) is 0 Å². The minimum Gasteiger partial charge on any atom is -0.382 e. The van der Waals surface area contributed by atoms with E-state index in [4.69, 9.17) is 0 Å². The van der Waals surface area contributed by atoms with Crippen LogP contribution < -0.4 is 5.32 Å². The van der Waals surface area contributed by atoms with Crippen LogP contribution >= 0.6 is 0 Å². The van der Waals surface area contributed by atoms with Crippen molar-refractivity contribution in [3.05, 3.63) is 23.8 Å². The number of hydrogen-bond donors (Lipinski definition) is 1. The SMILES string of the molecule is C[C@H]1Cc2cc(S(=O)(=O)N(C)C)ccc2N1. The summed E-state index contributed by atoms with van der Waals surface area (Å²) in [5, 5.41) is 3.30. The number of fused-ring (bicyclic) bond motifs is 1. The van der Waals surface area contributed by atoms with Gasteiger partial charge in [0.25, 0.3) is 0 Å². The van der Waals surface area contributed by atoms with Crippen LogP contribution in [-0.4, -0.2) is 32.9 Å². The van der Waals surface area contributed by atoms with Crippen LogP contribution in [0.5, 0.6) is 0 Å². The summed E-state index contributed by atoms with van der Waals surface area (Å²) in [6.07, 6.45) is 0.881. The summed E-state index contributed by atoms with van der Waals surface area (Å²) in [6.45, 7) is 2.08. The van der Waals surface area contributed by atoms with E-state index in [0.717, 1.165) is 17.7 Å². The summed E-state index contributed by atoms with van der Waals surface area (Å²) in [5.41, 5.74) is 2.13. The molecule has 1 aromatic carbocycles. The number of sulfonamides is 1. The zero-order chi connectivity index (χ0) is 11.9. The Kier molecular flexibility index (Phi) is 2.67. The van der Waals surface area contributed by atoms with Crippen molar-refractivity contribution < 1.29 is 8.42 Å². The van der Waals surface area contributed by atoms with Crippen molar-refractivity contribution >= 4 is 15.7 Å². The first kappa shape index (κ1) is 11.4. The highest BCUT2D eigenvalue weighted by Crippen LogP contribution is 2.28. The first-order chi connectivity index (χ1) is 7.41. The minimum absolute atomic E-state index is 0.368. The molecular weight excluding hydrogens is 224 g/mol. The standard InChI is InChI=1S/C11H16N2O2S/c1-8-6-9-7-10(4-5-11(9)12-8)16(14,15)13(2)3/h4-5,7-8,12H,6H2,1-3H3/t8-/m0/s1. The summed E-state index contributed by atoms with van der Waals surface area (Å²) in [7, 11) is -0.220. The molecule has 0 spiro atoms. The lowest BCUT2D eigenvalue weighted by molar-refractivity contribution is 0.520. The van der Waals surface area contributed by atoms with E-state index in [2.05, 4.69) is 12.2 Å². The zero-order valence-corrected chi connectivity index (χ0v) is 10.5. The van der Waals surface area contributed by atoms with Crippen molar-refractivity contribution in [2.45, 2.75) is 24.3 Å². The van der Waals surface area contributed by atoms with Gasteiger partial charge in [0, 0.05) is 25.8 Å². The van der Waals surface area contributed by atoms with E-state index in [1.807, 2.05) is 6.07 Å². The van der Waals surface area contributed by atoms with Gasteiger partial charge in [0.15, 0.2) is 0 Å². The predicted molar refractivity (Wildman–Crippen MR) is 64.1 cm³/mol. The molecule has 5 heteroatoms. The van der Waals surface area contributed by atoms with Crippen LogP contribution in [0.4, 0.5) is 5.69 Å². The number of rotatable bonds is 2. The van der Waals surface area contributed by atoms with Crippen molar-refractivity contribution in [1.82, 2.24) is 4.31 Å². The molecule has 2 rings (SSSR count). The molecule has 1 aliphatic heterocycles. The zero-order valence-electron chi connectivity index (χ0n) is 9.69. The molecule has 0 aliphatic carbocycles. The van der Waals surface area contributed by atoms with Gasteiger partial charge in [-0.25, -0.2) is 12.7 Å². The Labute approximate surface area is 96.3 Å². The topological polar surface area (TPSA) is 49.4 Å². The van der Waals surface area contributed by atoms with Gasteiger partial charge in [0.2, 0.25) is 10.0 Å². The van der Waals surface area contributed by atoms with Gasteiger partial charge in [-0.05, 0) is 37.1 Å². The van der Waals surface area contributed by atoms with Crippen LogP contribution in [0.15, 0.2) is 23.1 Å². The van der Waals surface area contributed by atoms with Gasteiger partial charge >= 0.3 is 0 Å². The fourth-order valence-corrected chi connectivity index (χ4v) is 2.85. The maximum atomic E-state index is 11.9. The molecule has 0 amide bonds. The highest BCUT2D eigenvalue weighted by atomic mass is 32.2. The van der Waals surface area contributed by atoms with E-state index in [-0.39, 0.29) is 0 Å². The van der Waals surface area contributed by atoms with Crippen molar-refractivity contribution in [1.29, 1.82) is 0 Å². The van der Waals surface area contributed by atoms with Gasteiger partial charge < -0.3 is 5.32 Å². The first-order valence-corrected chi connectivity index (χ1v) is 6.67. The lowest BCUT2D eigenvalue weighted by Crippen LogP contribution is -2.22. The molecule has 1 heterocycles. The van der Waals surface area contributed by atoms with Gasteiger partial charge in [-0.2, -0.15) is 0 Å². The van der Waals surface area contributed by atoms with Crippen molar-refractivity contribution in [3.8, 4) is 0 Å². The summed E-state index contributed by atoms with van der Waals surface area (Å²) in [5.74, 6) is 0. The van der Waals surface area contributed by atoms with E-state index in [1.54, 1.807) is 26.2 Å². The average molecular weight is 240 g/mol. The number of hydrogen-bond acceptors (Lipinski definition) is 3. The molecule has 4 nitrogen and oxygen atoms in total. The Hall–Kier alpha value is -1.07. The summed E-state index contributed by atoms with van der Waals surface area (Å²) >= 11 is 0. The number of nitrogens with zero attached hydrogens (tertiary/aromatic N) is 1. The van der Waals surface area contributed by atoms with Crippen LogP contribution in [0.1, 0.15) is 12.5 Å². The van der Waals surface area contributed by atoms with E-state index < -0.39 is 10.0 Å². The Morgan fingerprint density at radius 2 is 2.06 bits per heavy atom. The molecule has 1 atom stereocenters. The molecule has 0 aromatic heterocycles. The normalized spacial score (nSPS) is 19.6. The molecule has 0 unspecified atom stereocenters.